The number of ether oxygens (including phenoxy) is 1. The van der Waals surface area contributed by atoms with Crippen LogP contribution in [0.3, 0.4) is 0 Å². The molecule has 1 aliphatic rings. The van der Waals surface area contributed by atoms with Crippen LogP contribution in [0.25, 0.3) is 0 Å². The van der Waals surface area contributed by atoms with Gasteiger partial charge in [-0.05, 0) is 32.1 Å². The van der Waals surface area contributed by atoms with Crippen molar-refractivity contribution in [3.8, 4) is 0 Å². The first-order valence-electron chi connectivity index (χ1n) is 5.27. The normalized spacial score (nSPS) is 20.3. The lowest BCUT2D eigenvalue weighted by Crippen LogP contribution is -2.14. The molecule has 15 heavy (non-hydrogen) atoms. The maximum absolute atomic E-state index is 11.5. The Labute approximate surface area is 91.3 Å². The zero-order valence-electron chi connectivity index (χ0n) is 9.29. The summed E-state index contributed by atoms with van der Waals surface area (Å²) < 4.78 is 4.98. The van der Waals surface area contributed by atoms with Gasteiger partial charge in [0.25, 0.3) is 0 Å². The number of hydrogen-bond donors (Lipinski definition) is 0. The molecule has 82 valence electrons. The van der Waals surface area contributed by atoms with Crippen molar-refractivity contribution in [1.82, 2.24) is 0 Å². The van der Waals surface area contributed by atoms with E-state index in [4.69, 9.17) is 4.74 Å². The molecule has 0 aromatic carbocycles. The molecule has 0 unspecified atom stereocenters. The number of carbonyl (C=O) groups is 1. The van der Waals surface area contributed by atoms with Crippen molar-refractivity contribution < 1.29 is 9.53 Å². The van der Waals surface area contributed by atoms with Crippen molar-refractivity contribution in [1.29, 1.82) is 0 Å². The zero-order valence-corrected chi connectivity index (χ0v) is 9.29. The molecule has 0 N–H and O–H groups in total. The van der Waals surface area contributed by atoms with Crippen molar-refractivity contribution in [3.63, 3.8) is 0 Å². The van der Waals surface area contributed by atoms with Gasteiger partial charge in [0.2, 0.25) is 0 Å². The molecule has 0 radical (unpaired) electrons. The molecular weight excluding hydrogens is 188 g/mol. The van der Waals surface area contributed by atoms with Gasteiger partial charge in [0.05, 0.1) is 0 Å². The second-order valence-corrected chi connectivity index (χ2v) is 3.93. The average molecular weight is 206 g/mol. The molecule has 0 saturated carbocycles. The van der Waals surface area contributed by atoms with Crippen LogP contribution in [0.1, 0.15) is 26.2 Å². The van der Waals surface area contributed by atoms with Crippen LogP contribution in [-0.4, -0.2) is 12.6 Å². The third-order valence-corrected chi connectivity index (χ3v) is 2.70. The van der Waals surface area contributed by atoms with Crippen LogP contribution in [-0.2, 0) is 9.53 Å². The first-order valence-corrected chi connectivity index (χ1v) is 5.27. The summed E-state index contributed by atoms with van der Waals surface area (Å²) in [5.41, 5.74) is 2.00. The Bertz CT molecular complexity index is 300. The highest BCUT2D eigenvalue weighted by Crippen LogP contribution is 2.28. The van der Waals surface area contributed by atoms with E-state index in [2.05, 4.69) is 13.2 Å². The summed E-state index contributed by atoms with van der Waals surface area (Å²) >= 11 is 0. The van der Waals surface area contributed by atoms with E-state index in [1.165, 1.54) is 5.57 Å². The largest absolute Gasteiger partial charge is 0.458 e. The van der Waals surface area contributed by atoms with Gasteiger partial charge in [0, 0.05) is 5.57 Å². The number of rotatable bonds is 4. The SMILES string of the molecule is C=CCOC(=O)C1=CC[C@@H](C(=C)C)CC1. The van der Waals surface area contributed by atoms with E-state index in [1.807, 2.05) is 13.0 Å². The molecule has 2 heteroatoms. The van der Waals surface area contributed by atoms with Crippen molar-refractivity contribution in [2.75, 3.05) is 6.61 Å². The van der Waals surface area contributed by atoms with Gasteiger partial charge in [-0.1, -0.05) is 30.9 Å². The molecule has 0 aromatic heterocycles. The Morgan fingerprint density at radius 2 is 2.47 bits per heavy atom. The quantitative estimate of drug-likeness (QED) is 0.522. The van der Waals surface area contributed by atoms with Gasteiger partial charge in [-0.2, -0.15) is 0 Å². The zero-order chi connectivity index (χ0) is 11.3. The number of allylic oxidation sites excluding steroid dienone is 2. The topological polar surface area (TPSA) is 26.3 Å². The third kappa shape index (κ3) is 3.39. The molecule has 1 rings (SSSR count). The summed E-state index contributed by atoms with van der Waals surface area (Å²) in [6.07, 6.45) is 6.28. The molecule has 0 spiro atoms. The van der Waals surface area contributed by atoms with E-state index in [0.717, 1.165) is 24.8 Å². The van der Waals surface area contributed by atoms with E-state index < -0.39 is 0 Å². The standard InChI is InChI=1S/C13H18O2/c1-4-9-15-13(14)12-7-5-11(6-8-12)10(2)3/h4,7,11H,1-2,5-6,8-9H2,3H3/t11-/m1/s1. The summed E-state index contributed by atoms with van der Waals surface area (Å²) in [6, 6.07) is 0. The van der Waals surface area contributed by atoms with Crippen LogP contribution in [0.2, 0.25) is 0 Å². The molecule has 0 amide bonds. The molecule has 0 bridgehead atoms. The Morgan fingerprint density at radius 3 is 2.93 bits per heavy atom. The van der Waals surface area contributed by atoms with Crippen molar-refractivity contribution in [3.05, 3.63) is 36.5 Å². The Hall–Kier alpha value is -1.31. The highest BCUT2D eigenvalue weighted by atomic mass is 16.5. The summed E-state index contributed by atoms with van der Waals surface area (Å²) in [5.74, 6) is 0.330. The summed E-state index contributed by atoms with van der Waals surface area (Å²) in [6.45, 7) is 9.78. The molecule has 1 atom stereocenters. The predicted molar refractivity (Wildman–Crippen MR) is 61.4 cm³/mol. The Balaban J connectivity index is 2.49. The minimum Gasteiger partial charge on any atom is -0.458 e. The van der Waals surface area contributed by atoms with Crippen molar-refractivity contribution in [2.45, 2.75) is 26.2 Å². The second-order valence-electron chi connectivity index (χ2n) is 3.93. The Morgan fingerprint density at radius 1 is 1.73 bits per heavy atom. The third-order valence-electron chi connectivity index (χ3n) is 2.70. The molecule has 0 aliphatic heterocycles. The first-order chi connectivity index (χ1) is 7.15. The van der Waals surface area contributed by atoms with Gasteiger partial charge >= 0.3 is 5.97 Å². The van der Waals surface area contributed by atoms with Crippen molar-refractivity contribution in [2.24, 2.45) is 5.92 Å². The molecule has 0 saturated heterocycles. The van der Waals surface area contributed by atoms with E-state index in [9.17, 15) is 4.79 Å². The Kier molecular flexibility index (Phi) is 4.35. The lowest BCUT2D eigenvalue weighted by atomic mass is 9.85. The van der Waals surface area contributed by atoms with Crippen LogP contribution >= 0.6 is 0 Å². The number of carbonyl (C=O) groups excluding carboxylic acids is 1. The maximum Gasteiger partial charge on any atom is 0.333 e. The molecule has 1 aliphatic carbocycles. The van der Waals surface area contributed by atoms with E-state index in [1.54, 1.807) is 6.08 Å². The second kappa shape index (κ2) is 5.54. The van der Waals surface area contributed by atoms with E-state index in [-0.39, 0.29) is 5.97 Å². The number of hydrogen-bond acceptors (Lipinski definition) is 2. The summed E-state index contributed by atoms with van der Waals surface area (Å²) in [5, 5.41) is 0. The fourth-order valence-electron chi connectivity index (χ4n) is 1.69. The minimum absolute atomic E-state index is 0.199. The fraction of sp³-hybridized carbons (Fsp3) is 0.462. The highest BCUT2D eigenvalue weighted by Gasteiger charge is 2.19. The van der Waals surface area contributed by atoms with Crippen molar-refractivity contribution >= 4 is 5.97 Å². The smallest absolute Gasteiger partial charge is 0.333 e. The number of esters is 1. The van der Waals surface area contributed by atoms with E-state index >= 15 is 0 Å². The van der Waals surface area contributed by atoms with Gasteiger partial charge in [-0.3, -0.25) is 0 Å². The van der Waals surface area contributed by atoms with Crippen LogP contribution < -0.4 is 0 Å². The lowest BCUT2D eigenvalue weighted by molar-refractivity contribution is -0.138. The van der Waals surface area contributed by atoms with Crippen LogP contribution in [0.15, 0.2) is 36.5 Å². The minimum atomic E-state index is -0.199. The molecule has 2 nitrogen and oxygen atoms in total. The van der Waals surface area contributed by atoms with Gasteiger partial charge in [0.1, 0.15) is 6.61 Å². The van der Waals surface area contributed by atoms with Crippen LogP contribution in [0, 0.1) is 5.92 Å². The van der Waals surface area contributed by atoms with E-state index in [0.29, 0.717) is 12.5 Å². The molecule has 0 fully saturated rings. The highest BCUT2D eigenvalue weighted by molar-refractivity contribution is 5.88. The monoisotopic (exact) mass is 206 g/mol. The fourth-order valence-corrected chi connectivity index (χ4v) is 1.69. The predicted octanol–water partition coefficient (Wildman–Crippen LogP) is 3.02. The van der Waals surface area contributed by atoms with Crippen LogP contribution in [0.4, 0.5) is 0 Å². The lowest BCUT2D eigenvalue weighted by Gasteiger charge is -2.21. The molecular formula is C13H18O2. The molecule has 0 heterocycles. The van der Waals surface area contributed by atoms with Gasteiger partial charge in [0.15, 0.2) is 0 Å². The molecule has 0 aromatic rings. The first kappa shape index (κ1) is 11.8. The maximum atomic E-state index is 11.5. The summed E-state index contributed by atoms with van der Waals surface area (Å²) in [4.78, 5) is 11.5. The van der Waals surface area contributed by atoms with Gasteiger partial charge in [-0.15, -0.1) is 0 Å². The van der Waals surface area contributed by atoms with Crippen LogP contribution in [0.5, 0.6) is 0 Å². The van der Waals surface area contributed by atoms with Gasteiger partial charge in [-0.25, -0.2) is 4.79 Å². The summed E-state index contributed by atoms with van der Waals surface area (Å²) in [7, 11) is 0. The van der Waals surface area contributed by atoms with Gasteiger partial charge < -0.3 is 4.74 Å². The average Bonchev–Trinajstić information content (AvgIpc) is 2.26.